The fraction of sp³-hybridized carbons (Fsp3) is 0.0909. The van der Waals surface area contributed by atoms with Crippen LogP contribution in [0.3, 0.4) is 0 Å². The van der Waals surface area contributed by atoms with Gasteiger partial charge in [-0.15, -0.1) is 0 Å². The molecule has 0 radical (unpaired) electrons. The smallest absolute Gasteiger partial charge is 0.301 e. The van der Waals surface area contributed by atoms with Gasteiger partial charge in [0.15, 0.2) is 5.71 Å². The Morgan fingerprint density at radius 3 is 2.56 bits per heavy atom. The Morgan fingerprint density at radius 1 is 1.31 bits per heavy atom. The third kappa shape index (κ3) is 1.75. The number of nitrogens with one attached hydrogen (secondary N) is 1. The Bertz CT molecular complexity index is 503. The van der Waals surface area contributed by atoms with Crippen molar-refractivity contribution < 1.29 is 10.0 Å². The summed E-state index contributed by atoms with van der Waals surface area (Å²) >= 11 is 0. The van der Waals surface area contributed by atoms with Gasteiger partial charge in [0.05, 0.1) is 11.4 Å². The molecule has 80 valence electrons. The van der Waals surface area contributed by atoms with E-state index in [0.717, 1.165) is 5.56 Å². The first-order chi connectivity index (χ1) is 7.72. The van der Waals surface area contributed by atoms with Gasteiger partial charge in [-0.3, -0.25) is 4.79 Å². The highest BCUT2D eigenvalue weighted by Gasteiger charge is 2.25. The zero-order valence-electron chi connectivity index (χ0n) is 8.34. The molecular weight excluding hydrogens is 206 g/mol. The summed E-state index contributed by atoms with van der Waals surface area (Å²) in [5.41, 5.74) is 1.04. The van der Waals surface area contributed by atoms with Crippen molar-refractivity contribution in [1.29, 1.82) is 5.41 Å². The number of carbonyl (C=O) groups is 1. The molecule has 2 N–H and O–H groups in total. The second-order valence-electron chi connectivity index (χ2n) is 3.33. The van der Waals surface area contributed by atoms with Crippen molar-refractivity contribution in [1.82, 2.24) is 0 Å². The topological polar surface area (TPSA) is 85.9 Å². The van der Waals surface area contributed by atoms with Gasteiger partial charge in [-0.1, -0.05) is 35.5 Å². The number of nitrogens with zero attached hydrogens (tertiary/aromatic N) is 2. The van der Waals surface area contributed by atoms with Gasteiger partial charge in [0.2, 0.25) is 0 Å². The third-order valence-corrected chi connectivity index (χ3v) is 2.28. The molecular formula is C11H9N3O2. The highest BCUT2D eigenvalue weighted by Crippen LogP contribution is 2.11. The number of benzene rings is 1. The van der Waals surface area contributed by atoms with E-state index in [9.17, 15) is 4.79 Å². The molecule has 5 heteroatoms. The van der Waals surface area contributed by atoms with E-state index in [1.165, 1.54) is 0 Å². The molecule has 1 aliphatic heterocycles. The summed E-state index contributed by atoms with van der Waals surface area (Å²) in [7, 11) is 0. The number of amides is 1. The van der Waals surface area contributed by atoms with Crippen molar-refractivity contribution in [2.45, 2.75) is 6.42 Å². The highest BCUT2D eigenvalue weighted by molar-refractivity contribution is 6.70. The van der Waals surface area contributed by atoms with Crippen LogP contribution in [-0.2, 0) is 4.79 Å². The summed E-state index contributed by atoms with van der Waals surface area (Å²) < 4.78 is 0. The number of carbonyl (C=O) groups excluding carboxylic acids is 1. The zero-order chi connectivity index (χ0) is 11.5. The van der Waals surface area contributed by atoms with Crippen LogP contribution in [0.1, 0.15) is 12.0 Å². The monoisotopic (exact) mass is 215 g/mol. The predicted molar refractivity (Wildman–Crippen MR) is 59.6 cm³/mol. The third-order valence-electron chi connectivity index (χ3n) is 2.28. The van der Waals surface area contributed by atoms with Crippen LogP contribution in [0.4, 0.5) is 0 Å². The average Bonchev–Trinajstić information content (AvgIpc) is 2.30. The fourth-order valence-electron chi connectivity index (χ4n) is 1.50. The minimum absolute atomic E-state index is 0.0126. The lowest BCUT2D eigenvalue weighted by atomic mass is 9.99. The molecule has 0 fully saturated rings. The van der Waals surface area contributed by atoms with E-state index in [1.54, 1.807) is 0 Å². The van der Waals surface area contributed by atoms with Crippen LogP contribution in [-0.4, -0.2) is 28.2 Å². The molecule has 1 aromatic rings. The summed E-state index contributed by atoms with van der Waals surface area (Å²) in [6.45, 7) is 0. The van der Waals surface area contributed by atoms with E-state index in [2.05, 4.69) is 10.1 Å². The Labute approximate surface area is 91.6 Å². The van der Waals surface area contributed by atoms with Gasteiger partial charge in [0.1, 0.15) is 0 Å². The van der Waals surface area contributed by atoms with Crippen molar-refractivity contribution in [2.75, 3.05) is 0 Å². The van der Waals surface area contributed by atoms with Gasteiger partial charge in [-0.2, -0.15) is 0 Å². The number of hydrogen-bond donors (Lipinski definition) is 2. The molecule has 0 saturated heterocycles. The van der Waals surface area contributed by atoms with Crippen LogP contribution in [0.15, 0.2) is 40.5 Å². The molecule has 1 aromatic carbocycles. The molecule has 1 amide bonds. The summed E-state index contributed by atoms with van der Waals surface area (Å²) in [4.78, 5) is 15.2. The maximum atomic E-state index is 11.4. The zero-order valence-corrected chi connectivity index (χ0v) is 8.34. The predicted octanol–water partition coefficient (Wildman–Crippen LogP) is 1.26. The van der Waals surface area contributed by atoms with Crippen LogP contribution in [0, 0.1) is 5.41 Å². The molecule has 0 unspecified atom stereocenters. The normalized spacial score (nSPS) is 18.8. The van der Waals surface area contributed by atoms with Gasteiger partial charge in [0, 0.05) is 6.42 Å². The molecule has 16 heavy (non-hydrogen) atoms. The van der Waals surface area contributed by atoms with E-state index in [-0.39, 0.29) is 17.8 Å². The Morgan fingerprint density at radius 2 is 2.00 bits per heavy atom. The SMILES string of the molecule is N=C1CC(c2ccccc2)=NC(=O)C1=NO. The quantitative estimate of drug-likeness (QED) is 0.545. The van der Waals surface area contributed by atoms with Gasteiger partial charge in [-0.05, 0) is 5.56 Å². The molecule has 1 aliphatic rings. The second-order valence-corrected chi connectivity index (χ2v) is 3.33. The number of hydrogen-bond acceptors (Lipinski definition) is 4. The minimum Gasteiger partial charge on any atom is -0.410 e. The van der Waals surface area contributed by atoms with Crippen molar-refractivity contribution in [3.05, 3.63) is 35.9 Å². The summed E-state index contributed by atoms with van der Waals surface area (Å²) in [5, 5.41) is 18.9. The van der Waals surface area contributed by atoms with Crippen molar-refractivity contribution >= 4 is 23.0 Å². The summed E-state index contributed by atoms with van der Waals surface area (Å²) in [6.07, 6.45) is 0.204. The Kier molecular flexibility index (Phi) is 2.59. The molecule has 0 aliphatic carbocycles. The van der Waals surface area contributed by atoms with Gasteiger partial charge >= 0.3 is 5.91 Å². The summed E-state index contributed by atoms with van der Waals surface area (Å²) in [5.74, 6) is -0.669. The number of aliphatic imine (C=N–C) groups is 1. The first-order valence-corrected chi connectivity index (χ1v) is 4.69. The molecule has 0 bridgehead atoms. The average molecular weight is 215 g/mol. The van der Waals surface area contributed by atoms with Crippen LogP contribution >= 0.6 is 0 Å². The van der Waals surface area contributed by atoms with Gasteiger partial charge in [-0.25, -0.2) is 4.99 Å². The lowest BCUT2D eigenvalue weighted by Crippen LogP contribution is -2.31. The van der Waals surface area contributed by atoms with Crippen LogP contribution in [0.5, 0.6) is 0 Å². The molecule has 0 atom stereocenters. The Hall–Kier alpha value is -2.30. The van der Waals surface area contributed by atoms with Crippen molar-refractivity contribution in [3.63, 3.8) is 0 Å². The second kappa shape index (κ2) is 4.06. The van der Waals surface area contributed by atoms with Crippen molar-refractivity contribution in [3.8, 4) is 0 Å². The highest BCUT2D eigenvalue weighted by atomic mass is 16.4. The van der Waals surface area contributed by atoms with E-state index >= 15 is 0 Å². The lowest BCUT2D eigenvalue weighted by Gasteiger charge is -2.12. The van der Waals surface area contributed by atoms with Crippen LogP contribution in [0.2, 0.25) is 0 Å². The number of oxime groups is 1. The first kappa shape index (κ1) is 10.2. The van der Waals surface area contributed by atoms with Gasteiger partial charge < -0.3 is 10.6 Å². The van der Waals surface area contributed by atoms with E-state index in [4.69, 9.17) is 10.6 Å². The molecule has 1 heterocycles. The van der Waals surface area contributed by atoms with Crippen molar-refractivity contribution in [2.24, 2.45) is 10.1 Å². The standard InChI is InChI=1S/C11H9N3O2/c12-8-6-9(7-4-2-1-3-5-7)13-11(15)10(8)14-16/h1-5,12,16H,6H2. The first-order valence-electron chi connectivity index (χ1n) is 4.69. The Balaban J connectivity index is 2.40. The van der Waals surface area contributed by atoms with Crippen LogP contribution in [0.25, 0.3) is 0 Å². The molecule has 5 nitrogen and oxygen atoms in total. The van der Waals surface area contributed by atoms with Crippen LogP contribution < -0.4 is 0 Å². The van der Waals surface area contributed by atoms with Gasteiger partial charge in [0.25, 0.3) is 0 Å². The molecule has 0 spiro atoms. The maximum absolute atomic E-state index is 11.4. The molecule has 0 saturated carbocycles. The van der Waals surface area contributed by atoms with E-state index < -0.39 is 5.91 Å². The summed E-state index contributed by atoms with van der Waals surface area (Å²) in [6, 6.07) is 9.17. The fourth-order valence-corrected chi connectivity index (χ4v) is 1.50. The maximum Gasteiger partial charge on any atom is 0.301 e. The number of rotatable bonds is 1. The largest absolute Gasteiger partial charge is 0.410 e. The molecule has 0 aromatic heterocycles. The molecule has 2 rings (SSSR count). The minimum atomic E-state index is -0.669. The lowest BCUT2D eigenvalue weighted by molar-refractivity contribution is -0.111. The van der Waals surface area contributed by atoms with E-state index in [0.29, 0.717) is 5.71 Å². The van der Waals surface area contributed by atoms with E-state index in [1.807, 2.05) is 30.3 Å².